The van der Waals surface area contributed by atoms with Crippen LogP contribution in [-0.4, -0.2) is 17.3 Å². The standard InChI is InChI=1S/C14H9Cl2NO2/c15-10-6-5-9(12(16)7-10)8-17-13-4-2-1-3-11(13)14(18)19/h1-8H,(H,18,19). The highest BCUT2D eigenvalue weighted by molar-refractivity contribution is 6.36. The monoisotopic (exact) mass is 293 g/mol. The first-order chi connectivity index (χ1) is 9.08. The second-order valence-corrected chi connectivity index (χ2v) is 4.59. The first-order valence-electron chi connectivity index (χ1n) is 5.39. The molecule has 19 heavy (non-hydrogen) atoms. The third kappa shape index (κ3) is 3.34. The van der Waals surface area contributed by atoms with Crippen molar-refractivity contribution in [3.63, 3.8) is 0 Å². The lowest BCUT2D eigenvalue weighted by Crippen LogP contribution is -1.96. The highest BCUT2D eigenvalue weighted by Gasteiger charge is 2.07. The number of carbonyl (C=O) groups is 1. The highest BCUT2D eigenvalue weighted by atomic mass is 35.5. The topological polar surface area (TPSA) is 49.7 Å². The van der Waals surface area contributed by atoms with E-state index in [9.17, 15) is 4.79 Å². The summed E-state index contributed by atoms with van der Waals surface area (Å²) in [5.41, 5.74) is 1.19. The first kappa shape index (κ1) is 13.6. The predicted molar refractivity (Wildman–Crippen MR) is 77.1 cm³/mol. The van der Waals surface area contributed by atoms with Gasteiger partial charge in [-0.2, -0.15) is 0 Å². The molecule has 0 saturated heterocycles. The minimum Gasteiger partial charge on any atom is -0.478 e. The number of carboxylic acids is 1. The summed E-state index contributed by atoms with van der Waals surface area (Å²) in [5.74, 6) is -1.02. The van der Waals surface area contributed by atoms with Gasteiger partial charge < -0.3 is 5.11 Å². The normalized spacial score (nSPS) is 10.8. The van der Waals surface area contributed by atoms with E-state index in [0.717, 1.165) is 0 Å². The molecule has 2 aromatic rings. The molecule has 0 fully saturated rings. The van der Waals surface area contributed by atoms with Crippen molar-refractivity contribution >= 4 is 41.1 Å². The molecular formula is C14H9Cl2NO2. The number of aliphatic imine (C=N–C) groups is 1. The third-order valence-electron chi connectivity index (χ3n) is 2.44. The minimum atomic E-state index is -1.02. The van der Waals surface area contributed by atoms with Gasteiger partial charge in [0.15, 0.2) is 0 Å². The van der Waals surface area contributed by atoms with Crippen molar-refractivity contribution in [2.45, 2.75) is 0 Å². The van der Waals surface area contributed by atoms with Crippen molar-refractivity contribution in [2.75, 3.05) is 0 Å². The van der Waals surface area contributed by atoms with Crippen molar-refractivity contribution < 1.29 is 9.90 Å². The summed E-state index contributed by atoms with van der Waals surface area (Å²) >= 11 is 11.8. The number of aromatic carboxylic acids is 1. The fraction of sp³-hybridized carbons (Fsp3) is 0. The zero-order valence-electron chi connectivity index (χ0n) is 9.68. The Morgan fingerprint density at radius 1 is 1.16 bits per heavy atom. The number of rotatable bonds is 3. The molecule has 0 unspecified atom stereocenters. The van der Waals surface area contributed by atoms with Crippen LogP contribution in [0.2, 0.25) is 10.0 Å². The summed E-state index contributed by atoms with van der Waals surface area (Å²) in [6, 6.07) is 11.5. The molecular weight excluding hydrogens is 285 g/mol. The third-order valence-corrected chi connectivity index (χ3v) is 3.00. The largest absolute Gasteiger partial charge is 0.478 e. The van der Waals surface area contributed by atoms with Crippen LogP contribution in [0.4, 0.5) is 5.69 Å². The molecule has 3 nitrogen and oxygen atoms in total. The van der Waals surface area contributed by atoms with Crippen LogP contribution in [0.15, 0.2) is 47.5 Å². The van der Waals surface area contributed by atoms with Gasteiger partial charge in [0.2, 0.25) is 0 Å². The Hall–Kier alpha value is -1.84. The van der Waals surface area contributed by atoms with Crippen molar-refractivity contribution in [3.05, 3.63) is 63.6 Å². The zero-order valence-corrected chi connectivity index (χ0v) is 11.2. The summed E-state index contributed by atoms with van der Waals surface area (Å²) in [7, 11) is 0. The van der Waals surface area contributed by atoms with Crippen molar-refractivity contribution in [2.24, 2.45) is 4.99 Å². The predicted octanol–water partition coefficient (Wildman–Crippen LogP) is 4.44. The van der Waals surface area contributed by atoms with Crippen molar-refractivity contribution in [1.29, 1.82) is 0 Å². The summed E-state index contributed by atoms with van der Waals surface area (Å²) in [6.07, 6.45) is 1.51. The van der Waals surface area contributed by atoms with Gasteiger partial charge in [-0.15, -0.1) is 0 Å². The van der Waals surface area contributed by atoms with Gasteiger partial charge >= 0.3 is 5.97 Å². The van der Waals surface area contributed by atoms with Crippen LogP contribution in [-0.2, 0) is 0 Å². The van der Waals surface area contributed by atoms with E-state index in [1.54, 1.807) is 36.4 Å². The summed E-state index contributed by atoms with van der Waals surface area (Å²) in [6.45, 7) is 0. The summed E-state index contributed by atoms with van der Waals surface area (Å²) in [5, 5.41) is 10.0. The van der Waals surface area contributed by atoms with E-state index in [-0.39, 0.29) is 5.56 Å². The molecule has 2 rings (SSSR count). The summed E-state index contributed by atoms with van der Waals surface area (Å²) in [4.78, 5) is 15.2. The Bertz CT molecular complexity index is 654. The molecule has 0 amide bonds. The van der Waals surface area contributed by atoms with E-state index in [1.807, 2.05) is 0 Å². The zero-order chi connectivity index (χ0) is 13.8. The molecule has 0 aromatic heterocycles. The van der Waals surface area contributed by atoms with E-state index in [2.05, 4.69) is 4.99 Å². The van der Waals surface area contributed by atoms with Gasteiger partial charge in [-0.25, -0.2) is 4.79 Å². The smallest absolute Gasteiger partial charge is 0.337 e. The Kier molecular flexibility index (Phi) is 4.20. The van der Waals surface area contributed by atoms with Gasteiger partial charge in [-0.1, -0.05) is 41.4 Å². The average Bonchev–Trinajstić information content (AvgIpc) is 2.38. The highest BCUT2D eigenvalue weighted by Crippen LogP contribution is 2.22. The molecule has 0 aliphatic rings. The number of hydrogen-bond donors (Lipinski definition) is 1. The molecule has 0 bridgehead atoms. The SMILES string of the molecule is O=C(O)c1ccccc1N=Cc1ccc(Cl)cc1Cl. The van der Waals surface area contributed by atoms with Crippen molar-refractivity contribution in [1.82, 2.24) is 0 Å². The minimum absolute atomic E-state index is 0.142. The molecule has 96 valence electrons. The molecule has 0 saturated carbocycles. The van der Waals surface area contributed by atoms with Crippen molar-refractivity contribution in [3.8, 4) is 0 Å². The van der Waals surface area contributed by atoms with E-state index in [0.29, 0.717) is 21.3 Å². The lowest BCUT2D eigenvalue weighted by molar-refractivity contribution is 0.0698. The van der Waals surface area contributed by atoms with E-state index < -0.39 is 5.97 Å². The fourth-order valence-electron chi connectivity index (χ4n) is 1.51. The second-order valence-electron chi connectivity index (χ2n) is 3.75. The second kappa shape index (κ2) is 5.87. The molecule has 2 aromatic carbocycles. The number of halogens is 2. The number of nitrogens with zero attached hydrogens (tertiary/aromatic N) is 1. The number of carboxylic acid groups (broad SMARTS) is 1. The average molecular weight is 294 g/mol. The van der Waals surface area contributed by atoms with Crippen LogP contribution in [0.25, 0.3) is 0 Å². The van der Waals surface area contributed by atoms with E-state index in [4.69, 9.17) is 28.3 Å². The quantitative estimate of drug-likeness (QED) is 0.851. The molecule has 5 heteroatoms. The molecule has 0 spiro atoms. The molecule has 0 atom stereocenters. The van der Waals surface area contributed by atoms with Gasteiger partial charge in [0.25, 0.3) is 0 Å². The molecule has 0 heterocycles. The summed E-state index contributed by atoms with van der Waals surface area (Å²) < 4.78 is 0. The molecule has 0 aliphatic heterocycles. The van der Waals surface area contributed by atoms with Crippen LogP contribution in [0, 0.1) is 0 Å². The van der Waals surface area contributed by atoms with Crippen LogP contribution < -0.4 is 0 Å². The Morgan fingerprint density at radius 3 is 2.58 bits per heavy atom. The fourth-order valence-corrected chi connectivity index (χ4v) is 1.97. The lowest BCUT2D eigenvalue weighted by Gasteiger charge is -2.01. The molecule has 0 radical (unpaired) electrons. The first-order valence-corrected chi connectivity index (χ1v) is 6.15. The maximum Gasteiger partial charge on any atom is 0.337 e. The maximum atomic E-state index is 11.0. The lowest BCUT2D eigenvalue weighted by atomic mass is 10.2. The molecule has 0 aliphatic carbocycles. The number of benzene rings is 2. The van der Waals surface area contributed by atoms with Crippen LogP contribution in [0.5, 0.6) is 0 Å². The van der Waals surface area contributed by atoms with Gasteiger partial charge in [-0.3, -0.25) is 4.99 Å². The molecule has 1 N–H and O–H groups in total. The van der Waals surface area contributed by atoms with Gasteiger partial charge in [0.1, 0.15) is 0 Å². The van der Waals surface area contributed by atoms with Gasteiger partial charge in [0, 0.05) is 16.8 Å². The van der Waals surface area contributed by atoms with Crippen LogP contribution in [0.1, 0.15) is 15.9 Å². The van der Waals surface area contributed by atoms with Gasteiger partial charge in [-0.05, 0) is 24.3 Å². The number of para-hydroxylation sites is 1. The maximum absolute atomic E-state index is 11.0. The van der Waals surface area contributed by atoms with E-state index >= 15 is 0 Å². The van der Waals surface area contributed by atoms with Gasteiger partial charge in [0.05, 0.1) is 16.3 Å². The van der Waals surface area contributed by atoms with Crippen LogP contribution >= 0.6 is 23.2 Å². The Labute approximate surface area is 120 Å². The Morgan fingerprint density at radius 2 is 1.89 bits per heavy atom. The van der Waals surface area contributed by atoms with Crippen LogP contribution in [0.3, 0.4) is 0 Å². The Balaban J connectivity index is 2.35. The van der Waals surface area contributed by atoms with E-state index in [1.165, 1.54) is 12.3 Å². The number of hydrogen-bond acceptors (Lipinski definition) is 2.